The van der Waals surface area contributed by atoms with Gasteiger partial charge in [0.1, 0.15) is 0 Å². The largest absolute Gasteiger partial charge is 0.339 e. The Bertz CT molecular complexity index is 877. The Kier molecular flexibility index (Phi) is 6.57. The zero-order chi connectivity index (χ0) is 19.3. The van der Waals surface area contributed by atoms with Crippen molar-refractivity contribution >= 4 is 27.7 Å². The van der Waals surface area contributed by atoms with Crippen LogP contribution in [0.5, 0.6) is 0 Å². The summed E-state index contributed by atoms with van der Waals surface area (Å²) in [5.74, 6) is 0.437. The molecule has 7 heteroatoms. The normalized spacial score (nSPS) is 15.7. The average molecular weight is 405 g/mol. The Morgan fingerprint density at radius 3 is 2.37 bits per heavy atom. The number of carbonyl (C=O) groups excluding carboxylic acids is 1. The zero-order valence-electron chi connectivity index (χ0n) is 15.4. The molecule has 0 N–H and O–H groups in total. The number of carbonyl (C=O) groups is 1. The Hall–Kier alpha value is -1.83. The smallest absolute Gasteiger partial charge is 0.233 e. The summed E-state index contributed by atoms with van der Waals surface area (Å²) in [6.07, 6.45) is 0. The molecule has 2 aromatic carbocycles. The first-order chi connectivity index (χ1) is 12.9. The fraction of sp³-hybridized carbons (Fsp3) is 0.350. The van der Waals surface area contributed by atoms with Gasteiger partial charge >= 0.3 is 0 Å². The highest BCUT2D eigenvalue weighted by Gasteiger charge is 2.28. The van der Waals surface area contributed by atoms with Gasteiger partial charge in [-0.25, -0.2) is 8.42 Å². The second kappa shape index (κ2) is 8.91. The lowest BCUT2D eigenvalue weighted by molar-refractivity contribution is -0.129. The second-order valence-electron chi connectivity index (χ2n) is 6.63. The van der Waals surface area contributed by atoms with Gasteiger partial charge in [-0.05, 0) is 24.6 Å². The molecule has 1 saturated heterocycles. The summed E-state index contributed by atoms with van der Waals surface area (Å²) in [5, 5.41) is 0. The molecule has 1 heterocycles. The van der Waals surface area contributed by atoms with Crippen LogP contribution in [0.3, 0.4) is 0 Å². The standard InChI is InChI=1S/C20H24N2O3S2/c1-17-6-5-9-19(14-17)26-15-20(23)21-10-12-22(13-11-21)27(24,25)16-18-7-3-2-4-8-18/h2-9,14H,10-13,15-16H2,1H3. The molecule has 0 spiro atoms. The van der Waals surface area contributed by atoms with Crippen molar-refractivity contribution in [2.75, 3.05) is 31.9 Å². The molecule has 0 aromatic heterocycles. The van der Waals surface area contributed by atoms with Gasteiger partial charge in [0, 0.05) is 31.1 Å². The van der Waals surface area contributed by atoms with Crippen LogP contribution in [0.15, 0.2) is 59.5 Å². The van der Waals surface area contributed by atoms with E-state index in [-0.39, 0.29) is 11.7 Å². The van der Waals surface area contributed by atoms with Crippen molar-refractivity contribution < 1.29 is 13.2 Å². The molecule has 5 nitrogen and oxygen atoms in total. The van der Waals surface area contributed by atoms with E-state index in [1.165, 1.54) is 21.6 Å². The van der Waals surface area contributed by atoms with E-state index in [0.29, 0.717) is 31.9 Å². The minimum Gasteiger partial charge on any atom is -0.339 e. The number of amides is 1. The highest BCUT2D eigenvalue weighted by molar-refractivity contribution is 8.00. The van der Waals surface area contributed by atoms with Crippen molar-refractivity contribution in [2.24, 2.45) is 0 Å². The van der Waals surface area contributed by atoms with Crippen LogP contribution < -0.4 is 0 Å². The summed E-state index contributed by atoms with van der Waals surface area (Å²) in [6.45, 7) is 3.63. The van der Waals surface area contributed by atoms with Gasteiger partial charge in [0.25, 0.3) is 0 Å². The lowest BCUT2D eigenvalue weighted by atomic mass is 10.2. The van der Waals surface area contributed by atoms with Gasteiger partial charge in [0.2, 0.25) is 15.9 Å². The van der Waals surface area contributed by atoms with Crippen molar-refractivity contribution in [3.05, 3.63) is 65.7 Å². The lowest BCUT2D eigenvalue weighted by Gasteiger charge is -2.34. The van der Waals surface area contributed by atoms with Crippen LogP contribution in [0.4, 0.5) is 0 Å². The van der Waals surface area contributed by atoms with E-state index in [1.54, 1.807) is 4.90 Å². The molecule has 1 aliphatic rings. The average Bonchev–Trinajstić information content (AvgIpc) is 2.67. The maximum absolute atomic E-state index is 12.6. The maximum atomic E-state index is 12.6. The van der Waals surface area contributed by atoms with Crippen LogP contribution in [-0.4, -0.2) is 55.5 Å². The van der Waals surface area contributed by atoms with Crippen molar-refractivity contribution in [2.45, 2.75) is 17.6 Å². The zero-order valence-corrected chi connectivity index (χ0v) is 17.0. The van der Waals surface area contributed by atoms with Gasteiger partial charge in [0.15, 0.2) is 0 Å². The van der Waals surface area contributed by atoms with Crippen LogP contribution in [-0.2, 0) is 20.6 Å². The molecule has 1 amide bonds. The van der Waals surface area contributed by atoms with Crippen LogP contribution >= 0.6 is 11.8 Å². The first kappa shape index (κ1) is 19.9. The summed E-state index contributed by atoms with van der Waals surface area (Å²) in [4.78, 5) is 15.3. The first-order valence-corrected chi connectivity index (χ1v) is 11.5. The molecular weight excluding hydrogens is 380 g/mol. The van der Waals surface area contributed by atoms with Crippen molar-refractivity contribution in [3.8, 4) is 0 Å². The third-order valence-corrected chi connectivity index (χ3v) is 7.36. The van der Waals surface area contributed by atoms with Gasteiger partial charge < -0.3 is 4.90 Å². The second-order valence-corrected chi connectivity index (χ2v) is 9.64. The minimum absolute atomic E-state index is 0.00496. The fourth-order valence-electron chi connectivity index (χ4n) is 3.03. The number of hydrogen-bond donors (Lipinski definition) is 0. The summed E-state index contributed by atoms with van der Waals surface area (Å²) >= 11 is 1.52. The molecule has 2 aromatic rings. The van der Waals surface area contributed by atoms with Crippen molar-refractivity contribution in [3.63, 3.8) is 0 Å². The van der Waals surface area contributed by atoms with E-state index in [1.807, 2.05) is 55.5 Å². The number of piperazine rings is 1. The molecular formula is C20H24N2O3S2. The fourth-order valence-corrected chi connectivity index (χ4v) is 5.47. The Balaban J connectivity index is 1.50. The molecule has 0 saturated carbocycles. The van der Waals surface area contributed by atoms with Gasteiger partial charge in [-0.1, -0.05) is 48.0 Å². The van der Waals surface area contributed by atoms with Crippen LogP contribution in [0.2, 0.25) is 0 Å². The van der Waals surface area contributed by atoms with Gasteiger partial charge in [-0.15, -0.1) is 11.8 Å². The third kappa shape index (κ3) is 5.57. The van der Waals surface area contributed by atoms with E-state index < -0.39 is 10.0 Å². The summed E-state index contributed by atoms with van der Waals surface area (Å²) in [5.41, 5.74) is 1.95. The van der Waals surface area contributed by atoms with Crippen LogP contribution in [0, 0.1) is 6.92 Å². The molecule has 0 atom stereocenters. The van der Waals surface area contributed by atoms with Gasteiger partial charge in [-0.3, -0.25) is 4.79 Å². The number of thioether (sulfide) groups is 1. The topological polar surface area (TPSA) is 57.7 Å². The number of nitrogens with zero attached hydrogens (tertiary/aromatic N) is 2. The van der Waals surface area contributed by atoms with E-state index in [4.69, 9.17) is 0 Å². The summed E-state index contributed by atoms with van der Waals surface area (Å²) in [7, 11) is -3.36. The number of sulfonamides is 1. The molecule has 0 bridgehead atoms. The van der Waals surface area contributed by atoms with Crippen LogP contribution in [0.1, 0.15) is 11.1 Å². The maximum Gasteiger partial charge on any atom is 0.233 e. The van der Waals surface area contributed by atoms with Crippen LogP contribution in [0.25, 0.3) is 0 Å². The minimum atomic E-state index is -3.36. The number of benzene rings is 2. The Morgan fingerprint density at radius 1 is 1.00 bits per heavy atom. The van der Waals surface area contributed by atoms with Crippen molar-refractivity contribution in [1.82, 2.24) is 9.21 Å². The number of rotatable bonds is 6. The molecule has 1 aliphatic heterocycles. The van der Waals surface area contributed by atoms with E-state index in [9.17, 15) is 13.2 Å². The van der Waals surface area contributed by atoms with Gasteiger partial charge in [-0.2, -0.15) is 4.31 Å². The highest BCUT2D eigenvalue weighted by atomic mass is 32.2. The SMILES string of the molecule is Cc1cccc(SCC(=O)N2CCN(S(=O)(=O)Cc3ccccc3)CC2)c1. The van der Waals surface area contributed by atoms with Gasteiger partial charge in [0.05, 0.1) is 11.5 Å². The molecule has 0 aliphatic carbocycles. The molecule has 3 rings (SSSR count). The Labute approximate surface area is 165 Å². The predicted molar refractivity (Wildman–Crippen MR) is 109 cm³/mol. The monoisotopic (exact) mass is 404 g/mol. The van der Waals surface area contributed by atoms with E-state index >= 15 is 0 Å². The Morgan fingerprint density at radius 2 is 1.70 bits per heavy atom. The number of aryl methyl sites for hydroxylation is 1. The molecule has 1 fully saturated rings. The lowest BCUT2D eigenvalue weighted by Crippen LogP contribution is -2.51. The van der Waals surface area contributed by atoms with Crippen molar-refractivity contribution in [1.29, 1.82) is 0 Å². The quantitative estimate of drug-likeness (QED) is 0.695. The molecule has 0 unspecified atom stereocenters. The molecule has 144 valence electrons. The van der Waals surface area contributed by atoms with E-state index in [2.05, 4.69) is 6.07 Å². The first-order valence-electron chi connectivity index (χ1n) is 8.93. The highest BCUT2D eigenvalue weighted by Crippen LogP contribution is 2.20. The summed E-state index contributed by atoms with van der Waals surface area (Å²) in [6, 6.07) is 17.3. The summed E-state index contributed by atoms with van der Waals surface area (Å²) < 4.78 is 26.7. The number of hydrogen-bond acceptors (Lipinski definition) is 4. The van der Waals surface area contributed by atoms with E-state index in [0.717, 1.165) is 10.5 Å². The third-order valence-electron chi connectivity index (χ3n) is 4.53. The predicted octanol–water partition coefficient (Wildman–Crippen LogP) is 2.76. The molecule has 27 heavy (non-hydrogen) atoms. The molecule has 0 radical (unpaired) electrons.